The average molecular weight is 437 g/mol. The maximum atomic E-state index is 13.0. The molecule has 1 aromatic carbocycles. The molecule has 2 aromatic heterocycles. The molecular weight excluding hydrogens is 408 g/mol. The van der Waals surface area contributed by atoms with Gasteiger partial charge in [0.25, 0.3) is 0 Å². The quantitative estimate of drug-likeness (QED) is 0.606. The number of carboxylic acid groups (broad SMARTS) is 1. The van der Waals surface area contributed by atoms with Crippen molar-refractivity contribution >= 4 is 28.5 Å². The zero-order valence-corrected chi connectivity index (χ0v) is 18.8. The van der Waals surface area contributed by atoms with Crippen LogP contribution in [-0.4, -0.2) is 34.4 Å². The van der Waals surface area contributed by atoms with Crippen molar-refractivity contribution in [2.45, 2.75) is 46.6 Å². The zero-order valence-electron chi connectivity index (χ0n) is 18.8. The molecule has 0 amide bonds. The lowest BCUT2D eigenvalue weighted by Crippen LogP contribution is -2.37. The molecule has 8 nitrogen and oxygen atoms in total. The van der Waals surface area contributed by atoms with E-state index in [4.69, 9.17) is 4.42 Å². The summed E-state index contributed by atoms with van der Waals surface area (Å²) in [5.74, 6) is -0.587. The van der Waals surface area contributed by atoms with Gasteiger partial charge >= 0.3 is 5.97 Å². The zero-order chi connectivity index (χ0) is 23.0. The monoisotopic (exact) mass is 436 g/mol. The number of nitrogens with zero attached hydrogens (tertiary/aromatic N) is 3. The number of benzene rings is 1. The van der Waals surface area contributed by atoms with Crippen LogP contribution >= 0.6 is 0 Å². The van der Waals surface area contributed by atoms with E-state index in [-0.39, 0.29) is 22.6 Å². The van der Waals surface area contributed by atoms with Crippen LogP contribution in [0.3, 0.4) is 0 Å². The summed E-state index contributed by atoms with van der Waals surface area (Å²) >= 11 is 0. The van der Waals surface area contributed by atoms with E-state index in [1.54, 1.807) is 12.1 Å². The van der Waals surface area contributed by atoms with E-state index in [1.807, 2.05) is 26.0 Å². The lowest BCUT2D eigenvalue weighted by Gasteiger charge is -2.37. The Kier molecular flexibility index (Phi) is 5.62. The molecule has 8 heteroatoms. The van der Waals surface area contributed by atoms with E-state index in [0.29, 0.717) is 22.5 Å². The number of aryl methyl sites for hydroxylation is 1. The maximum absolute atomic E-state index is 13.0. The van der Waals surface area contributed by atoms with E-state index in [0.717, 1.165) is 37.1 Å². The fourth-order valence-electron chi connectivity index (χ4n) is 4.15. The summed E-state index contributed by atoms with van der Waals surface area (Å²) in [4.78, 5) is 26.6. The molecule has 1 unspecified atom stereocenters. The molecule has 3 heterocycles. The van der Waals surface area contributed by atoms with Crippen molar-refractivity contribution in [1.29, 1.82) is 0 Å². The fourth-order valence-corrected chi connectivity index (χ4v) is 4.15. The number of piperidine rings is 1. The molecule has 1 fully saturated rings. The molecule has 1 aliphatic rings. The molecule has 1 saturated heterocycles. The van der Waals surface area contributed by atoms with Gasteiger partial charge < -0.3 is 19.7 Å². The summed E-state index contributed by atoms with van der Waals surface area (Å²) in [6.45, 7) is 10.0. The van der Waals surface area contributed by atoms with Crippen LogP contribution in [0.4, 0.5) is 11.6 Å². The number of aromatic nitrogens is 2. The van der Waals surface area contributed by atoms with Gasteiger partial charge in [0, 0.05) is 24.7 Å². The van der Waals surface area contributed by atoms with Gasteiger partial charge in [0.15, 0.2) is 17.0 Å². The third-order valence-corrected chi connectivity index (χ3v) is 6.18. The van der Waals surface area contributed by atoms with Crippen LogP contribution in [0.2, 0.25) is 0 Å². The van der Waals surface area contributed by atoms with E-state index in [1.165, 1.54) is 6.20 Å². The van der Waals surface area contributed by atoms with Gasteiger partial charge in [-0.1, -0.05) is 19.9 Å². The van der Waals surface area contributed by atoms with Crippen molar-refractivity contribution in [3.8, 4) is 0 Å². The lowest BCUT2D eigenvalue weighted by molar-refractivity contribution is 0.0690. The number of hydrogen-bond donors (Lipinski definition) is 2. The molecule has 168 valence electrons. The minimum Gasteiger partial charge on any atom is -0.476 e. The van der Waals surface area contributed by atoms with Crippen LogP contribution in [0.15, 0.2) is 39.7 Å². The Hall–Kier alpha value is -3.42. The number of carboxylic acids is 1. The van der Waals surface area contributed by atoms with Gasteiger partial charge in [0.05, 0.1) is 23.3 Å². The second kappa shape index (κ2) is 8.26. The van der Waals surface area contributed by atoms with Gasteiger partial charge in [-0.25, -0.2) is 4.79 Å². The number of nitrogens with one attached hydrogen (secondary N) is 1. The first-order valence-corrected chi connectivity index (χ1v) is 10.8. The number of aromatic carboxylic acids is 1. The van der Waals surface area contributed by atoms with Gasteiger partial charge in [0.2, 0.25) is 0 Å². The third kappa shape index (κ3) is 4.30. The molecule has 0 aliphatic carbocycles. The van der Waals surface area contributed by atoms with Crippen molar-refractivity contribution in [2.24, 2.45) is 5.41 Å². The topological polar surface area (TPSA) is 109 Å². The number of hydrogen-bond acceptors (Lipinski definition) is 7. The van der Waals surface area contributed by atoms with Crippen LogP contribution in [0.1, 0.15) is 61.3 Å². The smallest absolute Gasteiger partial charge is 0.358 e. The van der Waals surface area contributed by atoms with E-state index in [2.05, 4.69) is 34.3 Å². The highest BCUT2D eigenvalue weighted by atomic mass is 16.4. The molecule has 3 aromatic rings. The van der Waals surface area contributed by atoms with E-state index < -0.39 is 5.97 Å². The van der Waals surface area contributed by atoms with E-state index >= 15 is 0 Å². The molecule has 4 rings (SSSR count). The summed E-state index contributed by atoms with van der Waals surface area (Å²) in [5, 5.41) is 20.5. The summed E-state index contributed by atoms with van der Waals surface area (Å²) in [7, 11) is 0. The Balaban J connectivity index is 1.75. The standard InChI is InChI=1S/C24H28N4O4/c1-14-11-16(15(2)26-18-5-8-25-27-21(18)23(30)31)22-17(12-14)19(29)13-20(32-22)28-9-6-24(3,4)7-10-28/h5,8,11-13,15H,6-7,9-10H2,1-4H3,(H,25,26)(H,30,31). The third-order valence-electron chi connectivity index (χ3n) is 6.18. The minimum absolute atomic E-state index is 0.0833. The molecule has 0 bridgehead atoms. The Labute approximate surface area is 186 Å². The van der Waals surface area contributed by atoms with Gasteiger partial charge in [-0.2, -0.15) is 5.10 Å². The van der Waals surface area contributed by atoms with Crippen LogP contribution in [-0.2, 0) is 0 Å². The molecule has 0 radical (unpaired) electrons. The second-order valence-corrected chi connectivity index (χ2v) is 9.30. The highest BCUT2D eigenvalue weighted by Crippen LogP contribution is 2.34. The van der Waals surface area contributed by atoms with Crippen molar-refractivity contribution in [2.75, 3.05) is 23.3 Å². The van der Waals surface area contributed by atoms with Crippen LogP contribution < -0.4 is 15.6 Å². The Bertz CT molecular complexity index is 1220. The van der Waals surface area contributed by atoms with Gasteiger partial charge in [-0.15, -0.1) is 5.10 Å². The van der Waals surface area contributed by atoms with Crippen molar-refractivity contribution in [1.82, 2.24) is 10.2 Å². The first-order chi connectivity index (χ1) is 15.1. The number of rotatable bonds is 5. The van der Waals surface area contributed by atoms with Crippen LogP contribution in [0.25, 0.3) is 11.0 Å². The van der Waals surface area contributed by atoms with Crippen LogP contribution in [0, 0.1) is 12.3 Å². The largest absolute Gasteiger partial charge is 0.476 e. The Morgan fingerprint density at radius 1 is 1.25 bits per heavy atom. The van der Waals surface area contributed by atoms with Crippen molar-refractivity contribution < 1.29 is 14.3 Å². The first kappa shape index (κ1) is 21.8. The van der Waals surface area contributed by atoms with Gasteiger partial charge in [-0.05, 0) is 49.8 Å². The fraction of sp³-hybridized carbons (Fsp3) is 0.417. The summed E-state index contributed by atoms with van der Waals surface area (Å²) in [5.41, 5.74) is 2.62. The molecule has 32 heavy (non-hydrogen) atoms. The Morgan fingerprint density at radius 2 is 1.97 bits per heavy atom. The summed E-state index contributed by atoms with van der Waals surface area (Å²) in [6, 6.07) is 6.61. The van der Waals surface area contributed by atoms with Gasteiger partial charge in [0.1, 0.15) is 5.58 Å². The Morgan fingerprint density at radius 3 is 2.66 bits per heavy atom. The maximum Gasteiger partial charge on any atom is 0.358 e. The van der Waals surface area contributed by atoms with Crippen molar-refractivity contribution in [3.05, 3.63) is 57.5 Å². The lowest BCUT2D eigenvalue weighted by atomic mass is 9.83. The molecule has 0 spiro atoms. The first-order valence-electron chi connectivity index (χ1n) is 10.8. The SMILES string of the molecule is Cc1cc(C(C)Nc2ccnnc2C(=O)O)c2oc(N3CCC(C)(C)CC3)cc(=O)c2c1. The molecule has 1 aliphatic heterocycles. The second-order valence-electron chi connectivity index (χ2n) is 9.30. The molecule has 0 saturated carbocycles. The highest BCUT2D eigenvalue weighted by molar-refractivity contribution is 5.92. The summed E-state index contributed by atoms with van der Waals surface area (Å²) < 4.78 is 6.31. The minimum atomic E-state index is -1.16. The predicted octanol–water partition coefficient (Wildman–Crippen LogP) is 4.39. The average Bonchev–Trinajstić information content (AvgIpc) is 2.74. The van der Waals surface area contributed by atoms with E-state index in [9.17, 15) is 14.7 Å². The molecular formula is C24H28N4O4. The van der Waals surface area contributed by atoms with Gasteiger partial charge in [-0.3, -0.25) is 4.79 Å². The molecule has 1 atom stereocenters. The predicted molar refractivity (Wildman–Crippen MR) is 123 cm³/mol. The number of fused-ring (bicyclic) bond motifs is 1. The summed E-state index contributed by atoms with van der Waals surface area (Å²) in [6.07, 6.45) is 3.49. The number of carbonyl (C=O) groups is 1. The normalized spacial score (nSPS) is 16.7. The molecule has 2 N–H and O–H groups in total. The van der Waals surface area contributed by atoms with Crippen LogP contribution in [0.5, 0.6) is 0 Å². The van der Waals surface area contributed by atoms with Crippen molar-refractivity contribution in [3.63, 3.8) is 0 Å². The highest BCUT2D eigenvalue weighted by Gasteiger charge is 2.27. The number of anilines is 2.